The molecular weight excluding hydrogens is 416 g/mol. The summed E-state index contributed by atoms with van der Waals surface area (Å²) in [4.78, 5) is 20.7. The van der Waals surface area contributed by atoms with Crippen molar-refractivity contribution >= 4 is 11.7 Å². The first-order valence-electron chi connectivity index (χ1n) is 10.3. The molecule has 2 fully saturated rings. The Bertz CT molecular complexity index is 821. The number of carbonyl (C=O) groups is 1. The summed E-state index contributed by atoms with van der Waals surface area (Å²) in [6.45, 7) is 6.47. The highest BCUT2D eigenvalue weighted by Gasteiger charge is 2.33. The Morgan fingerprint density at radius 3 is 2.42 bits per heavy atom. The smallest absolute Gasteiger partial charge is 0.365 e. The first kappa shape index (κ1) is 23.3. The molecule has 0 radical (unpaired) electrons. The lowest BCUT2D eigenvalue weighted by atomic mass is 10.1. The lowest BCUT2D eigenvalue weighted by Gasteiger charge is -2.33. The van der Waals surface area contributed by atoms with Gasteiger partial charge in [0.15, 0.2) is 11.6 Å². The van der Waals surface area contributed by atoms with Crippen LogP contribution in [0.2, 0.25) is 0 Å². The summed E-state index contributed by atoms with van der Waals surface area (Å²) in [6, 6.07) is 0.487. The van der Waals surface area contributed by atoms with Crippen molar-refractivity contribution in [3.05, 3.63) is 23.6 Å². The third-order valence-electron chi connectivity index (χ3n) is 5.53. The van der Waals surface area contributed by atoms with Crippen molar-refractivity contribution in [2.24, 2.45) is 0 Å². The molecule has 1 amide bonds. The van der Waals surface area contributed by atoms with Gasteiger partial charge in [-0.15, -0.1) is 0 Å². The van der Waals surface area contributed by atoms with E-state index in [1.807, 2.05) is 4.90 Å². The molecule has 0 atom stereocenters. The van der Waals surface area contributed by atoms with Gasteiger partial charge in [-0.3, -0.25) is 9.69 Å². The molecule has 0 N–H and O–H groups in total. The lowest BCUT2D eigenvalue weighted by Crippen LogP contribution is -2.47. The van der Waals surface area contributed by atoms with Crippen LogP contribution < -0.4 is 4.90 Å². The highest BCUT2D eigenvalue weighted by Crippen LogP contribution is 2.31. The molecule has 0 bridgehead atoms. The van der Waals surface area contributed by atoms with E-state index >= 15 is 0 Å². The van der Waals surface area contributed by atoms with Gasteiger partial charge in [-0.25, -0.2) is 9.37 Å². The van der Waals surface area contributed by atoms with Crippen LogP contribution in [0.1, 0.15) is 25.3 Å². The van der Waals surface area contributed by atoms with Gasteiger partial charge >= 0.3 is 6.18 Å². The molecule has 0 aliphatic carbocycles. The number of piperazine rings is 1. The number of carbonyl (C=O) groups excluding carboxylic acids is 1. The molecule has 0 unspecified atom stereocenters. The third kappa shape index (κ3) is 6.55. The number of hydrogen-bond acceptors (Lipinski definition) is 5. The Kier molecular flexibility index (Phi) is 7.73. The first-order valence-corrected chi connectivity index (χ1v) is 10.3. The molecule has 6 nitrogen and oxygen atoms in total. The van der Waals surface area contributed by atoms with Crippen LogP contribution in [0.25, 0.3) is 0 Å². The van der Waals surface area contributed by atoms with Crippen molar-refractivity contribution in [2.45, 2.75) is 32.0 Å². The van der Waals surface area contributed by atoms with Gasteiger partial charge < -0.3 is 14.5 Å². The molecular formula is C21H26F4N4O2. The zero-order valence-corrected chi connectivity index (χ0v) is 17.4. The van der Waals surface area contributed by atoms with E-state index in [1.54, 1.807) is 11.8 Å². The van der Waals surface area contributed by atoms with Crippen LogP contribution in [0.3, 0.4) is 0 Å². The maximum atomic E-state index is 14.1. The molecule has 31 heavy (non-hydrogen) atoms. The van der Waals surface area contributed by atoms with Gasteiger partial charge in [-0.05, 0) is 18.9 Å². The van der Waals surface area contributed by atoms with Gasteiger partial charge in [0.25, 0.3) is 0 Å². The number of hydrogen-bond donors (Lipinski definition) is 0. The van der Waals surface area contributed by atoms with Crippen LogP contribution in [0.15, 0.2) is 12.3 Å². The molecule has 0 aromatic carbocycles. The van der Waals surface area contributed by atoms with E-state index in [4.69, 9.17) is 4.74 Å². The Morgan fingerprint density at radius 2 is 1.84 bits per heavy atom. The van der Waals surface area contributed by atoms with Crippen molar-refractivity contribution < 1.29 is 27.1 Å². The highest BCUT2D eigenvalue weighted by atomic mass is 19.4. The fourth-order valence-corrected chi connectivity index (χ4v) is 3.65. The van der Waals surface area contributed by atoms with E-state index in [0.29, 0.717) is 51.3 Å². The molecule has 1 aromatic heterocycles. The molecule has 1 aromatic rings. The van der Waals surface area contributed by atoms with E-state index < -0.39 is 17.6 Å². The third-order valence-corrected chi connectivity index (χ3v) is 5.53. The zero-order chi connectivity index (χ0) is 22.4. The van der Waals surface area contributed by atoms with E-state index in [0.717, 1.165) is 26.2 Å². The Hall–Kier alpha value is -2.38. The number of amides is 1. The van der Waals surface area contributed by atoms with Crippen molar-refractivity contribution in [3.8, 4) is 11.8 Å². The number of alkyl halides is 3. The van der Waals surface area contributed by atoms with Crippen LogP contribution in [-0.2, 0) is 15.7 Å². The van der Waals surface area contributed by atoms with E-state index in [1.165, 1.54) is 0 Å². The molecule has 0 spiro atoms. The van der Waals surface area contributed by atoms with E-state index in [-0.39, 0.29) is 17.8 Å². The molecule has 3 rings (SSSR count). The topological polar surface area (TPSA) is 48.9 Å². The molecule has 2 saturated heterocycles. The lowest BCUT2D eigenvalue weighted by molar-refractivity contribution is -0.138. The standard InChI is InChI=1S/C21H26F4N4O2/c1-16(30)28-11-9-27(10-12-28)6-2-3-13-31-18-4-7-29(8-5-18)20-19(22)14-17(15-26-20)21(23,24)25/h14-15,18H,4-13H2,1H3. The Morgan fingerprint density at radius 1 is 1.16 bits per heavy atom. The summed E-state index contributed by atoms with van der Waals surface area (Å²) in [6.07, 6.45) is -2.73. The molecule has 0 saturated carbocycles. The minimum atomic E-state index is -4.61. The van der Waals surface area contributed by atoms with Gasteiger partial charge in [0.1, 0.15) is 6.61 Å². The largest absolute Gasteiger partial charge is 0.417 e. The van der Waals surface area contributed by atoms with Crippen molar-refractivity contribution in [3.63, 3.8) is 0 Å². The van der Waals surface area contributed by atoms with Gasteiger partial charge in [0.2, 0.25) is 5.91 Å². The van der Waals surface area contributed by atoms with Crippen molar-refractivity contribution in [2.75, 3.05) is 57.3 Å². The van der Waals surface area contributed by atoms with Gasteiger partial charge in [-0.2, -0.15) is 13.2 Å². The fourth-order valence-electron chi connectivity index (χ4n) is 3.65. The van der Waals surface area contributed by atoms with Gasteiger partial charge in [-0.1, -0.05) is 11.8 Å². The molecule has 170 valence electrons. The van der Waals surface area contributed by atoms with Gasteiger partial charge in [0, 0.05) is 52.4 Å². The normalized spacial score (nSPS) is 18.6. The SMILES string of the molecule is CC(=O)N1CCN(CC#CCOC2CCN(c3ncc(C(F)(F)F)cc3F)CC2)CC1. The summed E-state index contributed by atoms with van der Waals surface area (Å²) in [5.41, 5.74) is -1.09. The first-order chi connectivity index (χ1) is 14.7. The summed E-state index contributed by atoms with van der Waals surface area (Å²) >= 11 is 0. The van der Waals surface area contributed by atoms with Crippen LogP contribution in [-0.4, -0.2) is 79.2 Å². The van der Waals surface area contributed by atoms with Crippen molar-refractivity contribution in [1.29, 1.82) is 0 Å². The van der Waals surface area contributed by atoms with Crippen LogP contribution in [0, 0.1) is 17.7 Å². The Balaban J connectivity index is 1.37. The van der Waals surface area contributed by atoms with E-state index in [9.17, 15) is 22.4 Å². The summed E-state index contributed by atoms with van der Waals surface area (Å²) in [5, 5.41) is 0. The van der Waals surface area contributed by atoms with Crippen LogP contribution >= 0.6 is 0 Å². The number of nitrogens with zero attached hydrogens (tertiary/aromatic N) is 4. The minimum Gasteiger partial charge on any atom is -0.365 e. The quantitative estimate of drug-likeness (QED) is 0.530. The number of piperidine rings is 1. The minimum absolute atomic E-state index is 0.0258. The maximum absolute atomic E-state index is 14.1. The van der Waals surface area contributed by atoms with Crippen molar-refractivity contribution in [1.82, 2.24) is 14.8 Å². The highest BCUT2D eigenvalue weighted by molar-refractivity contribution is 5.73. The summed E-state index contributed by atoms with van der Waals surface area (Å²) < 4.78 is 57.8. The average molecular weight is 442 g/mol. The number of ether oxygens (including phenoxy) is 1. The second-order valence-corrected chi connectivity index (χ2v) is 7.66. The van der Waals surface area contributed by atoms with Crippen LogP contribution in [0.4, 0.5) is 23.4 Å². The number of halogens is 4. The maximum Gasteiger partial charge on any atom is 0.417 e. The predicted octanol–water partition coefficient (Wildman–Crippen LogP) is 2.39. The summed E-state index contributed by atoms with van der Waals surface area (Å²) in [7, 11) is 0. The van der Waals surface area contributed by atoms with Gasteiger partial charge in [0.05, 0.1) is 18.2 Å². The second kappa shape index (κ2) is 10.3. The molecule has 2 aliphatic rings. The predicted molar refractivity (Wildman–Crippen MR) is 107 cm³/mol. The van der Waals surface area contributed by atoms with E-state index in [2.05, 4.69) is 21.7 Å². The monoisotopic (exact) mass is 442 g/mol. The number of aromatic nitrogens is 1. The molecule has 3 heterocycles. The molecule has 10 heteroatoms. The summed E-state index contributed by atoms with van der Waals surface area (Å²) in [5.74, 6) is 5.15. The number of rotatable bonds is 4. The number of pyridine rings is 1. The second-order valence-electron chi connectivity index (χ2n) is 7.66. The fraction of sp³-hybridized carbons (Fsp3) is 0.619. The number of anilines is 1. The average Bonchev–Trinajstić information content (AvgIpc) is 2.74. The zero-order valence-electron chi connectivity index (χ0n) is 17.4. The Labute approximate surface area is 179 Å². The molecule has 2 aliphatic heterocycles. The van der Waals surface area contributed by atoms with Crippen LogP contribution in [0.5, 0.6) is 0 Å².